The van der Waals surface area contributed by atoms with Crippen molar-refractivity contribution in [3.8, 4) is 0 Å². The van der Waals surface area contributed by atoms with Gasteiger partial charge in [-0.05, 0) is 31.4 Å². The van der Waals surface area contributed by atoms with Crippen molar-refractivity contribution in [1.29, 1.82) is 0 Å². The first kappa shape index (κ1) is 17.2. The molecule has 4 rings (SSSR count). The molecule has 0 aliphatic heterocycles. The number of aromatic nitrogens is 1. The van der Waals surface area contributed by atoms with E-state index in [0.29, 0.717) is 32.0 Å². The number of carbonyl (C=O) groups excluding carboxylic acids is 2. The maximum absolute atomic E-state index is 12.9. The maximum Gasteiger partial charge on any atom is 0.267 e. The average molecular weight is 375 g/mol. The number of rotatable bonds is 3. The summed E-state index contributed by atoms with van der Waals surface area (Å²) in [5.74, 6) is -0.358. The van der Waals surface area contributed by atoms with E-state index in [-0.39, 0.29) is 11.7 Å². The Balaban J connectivity index is 1.76. The number of anilines is 2. The summed E-state index contributed by atoms with van der Waals surface area (Å²) in [7, 11) is 0. The highest BCUT2D eigenvalue weighted by molar-refractivity contribution is 7.21. The second-order valence-corrected chi connectivity index (χ2v) is 7.36. The number of nitrogen functional groups attached to an aromatic ring is 1. The second kappa shape index (κ2) is 6.48. The van der Waals surface area contributed by atoms with Gasteiger partial charge in [-0.25, -0.2) is 4.98 Å². The summed E-state index contributed by atoms with van der Waals surface area (Å²) in [6, 6.07) is 15.3. The Hall–Kier alpha value is -3.25. The van der Waals surface area contributed by atoms with Gasteiger partial charge in [0.1, 0.15) is 9.71 Å². The molecular formula is C21H17N3O2S. The van der Waals surface area contributed by atoms with Crippen molar-refractivity contribution >= 4 is 55.4 Å². The molecule has 0 saturated heterocycles. The zero-order valence-electron chi connectivity index (χ0n) is 14.9. The first-order valence-electron chi connectivity index (χ1n) is 8.45. The van der Waals surface area contributed by atoms with Gasteiger partial charge in [0.25, 0.3) is 5.91 Å². The molecule has 5 nitrogen and oxygen atoms in total. The van der Waals surface area contributed by atoms with Crippen molar-refractivity contribution in [1.82, 2.24) is 4.98 Å². The minimum atomic E-state index is -0.283. The molecule has 0 fully saturated rings. The summed E-state index contributed by atoms with van der Waals surface area (Å²) >= 11 is 1.23. The third-order valence-electron chi connectivity index (χ3n) is 4.54. The van der Waals surface area contributed by atoms with E-state index in [1.54, 1.807) is 13.0 Å². The molecule has 3 N–H and O–H groups in total. The van der Waals surface area contributed by atoms with Crippen molar-refractivity contribution in [3.63, 3.8) is 0 Å². The first-order chi connectivity index (χ1) is 13.0. The molecule has 4 aromatic rings. The highest BCUT2D eigenvalue weighted by Crippen LogP contribution is 2.35. The number of amides is 1. The van der Waals surface area contributed by atoms with Crippen LogP contribution in [0.1, 0.15) is 32.6 Å². The molecule has 0 aliphatic rings. The molecule has 2 heterocycles. The van der Waals surface area contributed by atoms with Crippen LogP contribution in [0.4, 0.5) is 11.4 Å². The van der Waals surface area contributed by atoms with Crippen LogP contribution in [-0.2, 0) is 0 Å². The van der Waals surface area contributed by atoms with Crippen LogP contribution in [0, 0.1) is 6.92 Å². The number of hydrogen-bond acceptors (Lipinski definition) is 5. The minimum absolute atomic E-state index is 0.0748. The van der Waals surface area contributed by atoms with E-state index in [9.17, 15) is 9.59 Å². The van der Waals surface area contributed by atoms with Crippen LogP contribution < -0.4 is 11.1 Å². The number of aryl methyl sites for hydroxylation is 1. The highest BCUT2D eigenvalue weighted by atomic mass is 32.1. The summed E-state index contributed by atoms with van der Waals surface area (Å²) in [6.45, 7) is 3.27. The number of Topliss-reactive ketones (excluding diaryl/α,β-unsaturated/α-hetero) is 1. The lowest BCUT2D eigenvalue weighted by atomic mass is 10.1. The number of ketones is 1. The molecule has 1 amide bonds. The summed E-state index contributed by atoms with van der Waals surface area (Å²) in [5, 5.41) is 5.59. The topological polar surface area (TPSA) is 85.1 Å². The molecule has 134 valence electrons. The van der Waals surface area contributed by atoms with Gasteiger partial charge < -0.3 is 11.1 Å². The second-order valence-electron chi connectivity index (χ2n) is 6.36. The van der Waals surface area contributed by atoms with Crippen LogP contribution in [0.2, 0.25) is 0 Å². The van der Waals surface area contributed by atoms with Crippen molar-refractivity contribution < 1.29 is 9.59 Å². The number of nitrogens with zero attached hydrogens (tertiary/aromatic N) is 1. The Morgan fingerprint density at radius 3 is 2.59 bits per heavy atom. The predicted molar refractivity (Wildman–Crippen MR) is 111 cm³/mol. The van der Waals surface area contributed by atoms with Gasteiger partial charge >= 0.3 is 0 Å². The number of fused-ring (bicyclic) bond motifs is 2. The Kier molecular flexibility index (Phi) is 4.12. The van der Waals surface area contributed by atoms with Crippen molar-refractivity contribution in [3.05, 3.63) is 64.7 Å². The van der Waals surface area contributed by atoms with Gasteiger partial charge in [0, 0.05) is 27.7 Å². The Bertz CT molecular complexity index is 1220. The van der Waals surface area contributed by atoms with Crippen LogP contribution >= 0.6 is 11.3 Å². The largest absolute Gasteiger partial charge is 0.397 e. The third-order valence-corrected chi connectivity index (χ3v) is 5.65. The van der Waals surface area contributed by atoms with Gasteiger partial charge in [-0.2, -0.15) is 0 Å². The fraction of sp³-hybridized carbons (Fsp3) is 0.0952. The standard InChI is InChI=1S/C21H17N3O2S/c1-11-15(12(2)25)10-16-18(22)19(27-21(16)23-11)20(26)24-17-9-5-7-13-6-3-4-8-14(13)17/h3-10H,22H2,1-2H3,(H,24,26). The molecule has 0 spiro atoms. The van der Waals surface area contributed by atoms with Gasteiger partial charge in [0.15, 0.2) is 5.78 Å². The lowest BCUT2D eigenvalue weighted by Crippen LogP contribution is -2.12. The number of nitrogens with two attached hydrogens (primary N) is 1. The van der Waals surface area contributed by atoms with Crippen molar-refractivity contribution in [2.45, 2.75) is 13.8 Å². The first-order valence-corrected chi connectivity index (χ1v) is 9.27. The molecular weight excluding hydrogens is 358 g/mol. The van der Waals surface area contributed by atoms with Crippen LogP contribution in [0.3, 0.4) is 0 Å². The normalized spacial score (nSPS) is 11.0. The summed E-state index contributed by atoms with van der Waals surface area (Å²) in [4.78, 5) is 30.1. The Labute approximate surface area is 159 Å². The summed E-state index contributed by atoms with van der Waals surface area (Å²) in [5.41, 5.74) is 8.46. The van der Waals surface area contributed by atoms with Gasteiger partial charge in [-0.3, -0.25) is 9.59 Å². The zero-order valence-corrected chi connectivity index (χ0v) is 15.7. The number of pyridine rings is 1. The summed E-state index contributed by atoms with van der Waals surface area (Å²) < 4.78 is 0. The van der Waals surface area contributed by atoms with Crippen LogP contribution in [0.15, 0.2) is 48.5 Å². The van der Waals surface area contributed by atoms with Crippen LogP contribution in [0.25, 0.3) is 21.0 Å². The molecule has 0 bridgehead atoms. The van der Waals surface area contributed by atoms with Crippen LogP contribution in [0.5, 0.6) is 0 Å². The van der Waals surface area contributed by atoms with Crippen molar-refractivity contribution in [2.24, 2.45) is 0 Å². The Morgan fingerprint density at radius 2 is 1.81 bits per heavy atom. The molecule has 2 aromatic carbocycles. The minimum Gasteiger partial charge on any atom is -0.397 e. The molecule has 0 radical (unpaired) electrons. The van der Waals surface area contributed by atoms with E-state index in [1.165, 1.54) is 18.3 Å². The third kappa shape index (κ3) is 2.94. The molecule has 2 aromatic heterocycles. The monoisotopic (exact) mass is 375 g/mol. The molecule has 0 unspecified atom stereocenters. The van der Waals surface area contributed by atoms with Gasteiger partial charge in [0.2, 0.25) is 0 Å². The number of nitrogens with one attached hydrogen (secondary N) is 1. The smallest absolute Gasteiger partial charge is 0.267 e. The Morgan fingerprint density at radius 1 is 1.07 bits per heavy atom. The predicted octanol–water partition coefficient (Wildman–Crippen LogP) is 4.80. The van der Waals surface area contributed by atoms with E-state index in [2.05, 4.69) is 10.3 Å². The number of thiophene rings is 1. The van der Waals surface area contributed by atoms with Gasteiger partial charge in [-0.15, -0.1) is 11.3 Å². The lowest BCUT2D eigenvalue weighted by molar-refractivity contribution is 0.101. The van der Waals surface area contributed by atoms with Crippen molar-refractivity contribution in [2.75, 3.05) is 11.1 Å². The summed E-state index contributed by atoms with van der Waals surface area (Å²) in [6.07, 6.45) is 0. The fourth-order valence-corrected chi connectivity index (χ4v) is 4.18. The van der Waals surface area contributed by atoms with E-state index in [4.69, 9.17) is 5.73 Å². The molecule has 27 heavy (non-hydrogen) atoms. The van der Waals surface area contributed by atoms with E-state index in [0.717, 1.165) is 16.5 Å². The van der Waals surface area contributed by atoms with Gasteiger partial charge in [0.05, 0.1) is 5.69 Å². The van der Waals surface area contributed by atoms with E-state index < -0.39 is 0 Å². The fourth-order valence-electron chi connectivity index (χ4n) is 3.17. The van der Waals surface area contributed by atoms with Crippen LogP contribution in [-0.4, -0.2) is 16.7 Å². The molecule has 0 atom stereocenters. The molecule has 0 saturated carbocycles. The zero-order chi connectivity index (χ0) is 19.1. The number of carbonyl (C=O) groups is 2. The number of benzene rings is 2. The quantitative estimate of drug-likeness (QED) is 0.504. The maximum atomic E-state index is 12.9. The lowest BCUT2D eigenvalue weighted by Gasteiger charge is -2.08. The van der Waals surface area contributed by atoms with E-state index in [1.807, 2.05) is 42.5 Å². The van der Waals surface area contributed by atoms with Gasteiger partial charge in [-0.1, -0.05) is 36.4 Å². The molecule has 0 aliphatic carbocycles. The number of hydrogen-bond donors (Lipinski definition) is 2. The average Bonchev–Trinajstić information content (AvgIpc) is 2.97. The van der Waals surface area contributed by atoms with E-state index >= 15 is 0 Å². The SMILES string of the molecule is CC(=O)c1cc2c(N)c(C(=O)Nc3cccc4ccccc34)sc2nc1C. The highest BCUT2D eigenvalue weighted by Gasteiger charge is 2.20. The molecule has 6 heteroatoms.